The van der Waals surface area contributed by atoms with Crippen LogP contribution in [0, 0.1) is 3.57 Å². The highest BCUT2D eigenvalue weighted by atomic mass is 127. The number of hydrogen-bond acceptors (Lipinski definition) is 4. The largest absolute Gasteiger partial charge is 0.480 e. The molecule has 2 heterocycles. The van der Waals surface area contributed by atoms with E-state index in [0.717, 1.165) is 15.5 Å². The lowest BCUT2D eigenvalue weighted by Crippen LogP contribution is -2.10. The van der Waals surface area contributed by atoms with Gasteiger partial charge in [-0.15, -0.1) is 0 Å². The summed E-state index contributed by atoms with van der Waals surface area (Å²) in [6.07, 6.45) is 2.86. The molecule has 0 radical (unpaired) electrons. The van der Waals surface area contributed by atoms with Gasteiger partial charge >= 0.3 is 0 Å². The molecule has 0 aliphatic carbocycles. The number of nitrogens with zero attached hydrogens (tertiary/aromatic N) is 3. The second-order valence-electron chi connectivity index (χ2n) is 3.95. The number of pyridine rings is 1. The van der Waals surface area contributed by atoms with E-state index in [-0.39, 0.29) is 18.7 Å². The third-order valence-electron chi connectivity index (χ3n) is 2.89. The zero-order chi connectivity index (χ0) is 13.3. The summed E-state index contributed by atoms with van der Waals surface area (Å²) in [5.74, 6) is 0. The van der Waals surface area contributed by atoms with E-state index < -0.39 is 0 Å². The van der Waals surface area contributed by atoms with Crippen molar-refractivity contribution in [1.29, 1.82) is 0 Å². The van der Waals surface area contributed by atoms with Gasteiger partial charge in [-0.25, -0.2) is 4.98 Å². The lowest BCUT2D eigenvalue weighted by Gasteiger charge is -2.17. The Morgan fingerprint density at radius 2 is 2.28 bits per heavy atom. The van der Waals surface area contributed by atoms with Crippen molar-refractivity contribution in [3.8, 4) is 6.01 Å². The molecule has 0 bridgehead atoms. The fourth-order valence-electron chi connectivity index (χ4n) is 2.00. The first-order valence-electron chi connectivity index (χ1n) is 5.61. The number of imidazole rings is 1. The molecule has 5 nitrogen and oxygen atoms in total. The van der Waals surface area contributed by atoms with Crippen molar-refractivity contribution >= 4 is 45.4 Å². The summed E-state index contributed by atoms with van der Waals surface area (Å²) < 4.78 is 2.51. The van der Waals surface area contributed by atoms with Crippen LogP contribution in [0.3, 0.4) is 0 Å². The molecule has 2 N–H and O–H groups in total. The van der Waals surface area contributed by atoms with Crippen LogP contribution in [0.1, 0.15) is 25.8 Å². The Bertz CT molecular complexity index is 573. The van der Waals surface area contributed by atoms with Gasteiger partial charge in [-0.1, -0.05) is 18.5 Å². The molecule has 0 aliphatic heterocycles. The van der Waals surface area contributed by atoms with Gasteiger partial charge in [-0.2, -0.15) is 4.98 Å². The van der Waals surface area contributed by atoms with Crippen LogP contribution in [-0.4, -0.2) is 31.4 Å². The van der Waals surface area contributed by atoms with Crippen LogP contribution in [0.5, 0.6) is 6.01 Å². The predicted molar refractivity (Wildman–Crippen MR) is 78.0 cm³/mol. The molecule has 0 amide bonds. The van der Waals surface area contributed by atoms with Gasteiger partial charge in [-0.05, 0) is 35.4 Å². The van der Waals surface area contributed by atoms with Crippen LogP contribution >= 0.6 is 34.2 Å². The van der Waals surface area contributed by atoms with Gasteiger partial charge < -0.3 is 10.2 Å². The van der Waals surface area contributed by atoms with Crippen molar-refractivity contribution in [2.24, 2.45) is 0 Å². The first kappa shape index (κ1) is 13.8. The number of aromatic hydroxyl groups is 1. The zero-order valence-corrected chi connectivity index (χ0v) is 12.7. The molecular formula is C11H13ClIN3O2. The zero-order valence-electron chi connectivity index (χ0n) is 9.77. The molecule has 7 heteroatoms. The van der Waals surface area contributed by atoms with E-state index in [9.17, 15) is 5.11 Å². The third kappa shape index (κ3) is 2.28. The second kappa shape index (κ2) is 5.58. The number of aliphatic hydroxyl groups excluding tert-OH is 1. The number of fused-ring (bicyclic) bond motifs is 1. The number of halogens is 2. The molecule has 98 valence electrons. The lowest BCUT2D eigenvalue weighted by atomic mass is 10.1. The molecule has 0 fully saturated rings. The summed E-state index contributed by atoms with van der Waals surface area (Å²) >= 11 is 8.17. The van der Waals surface area contributed by atoms with Crippen molar-refractivity contribution in [3.63, 3.8) is 0 Å². The summed E-state index contributed by atoms with van der Waals surface area (Å²) in [5, 5.41) is 19.6. The highest BCUT2D eigenvalue weighted by Gasteiger charge is 2.21. The minimum absolute atomic E-state index is 0.0196. The second-order valence-corrected chi connectivity index (χ2v) is 5.43. The standard InChI is InChI=1S/C11H13ClIN3O2/c1-2-6(3-4-17)16-9-8(13)7(12)5-14-10(9)15-11(16)18/h5-6,17H,2-4H2,1H3,(H,14,15,18)/t6-/m1/s1. The molecule has 0 spiro atoms. The van der Waals surface area contributed by atoms with E-state index in [4.69, 9.17) is 16.7 Å². The molecule has 0 aromatic carbocycles. The summed E-state index contributed by atoms with van der Waals surface area (Å²) in [4.78, 5) is 8.14. The summed E-state index contributed by atoms with van der Waals surface area (Å²) in [5.41, 5.74) is 1.19. The van der Waals surface area contributed by atoms with Crippen LogP contribution in [0.4, 0.5) is 0 Å². The Morgan fingerprint density at radius 3 is 2.89 bits per heavy atom. The van der Waals surface area contributed by atoms with E-state index in [1.54, 1.807) is 4.57 Å². The van der Waals surface area contributed by atoms with Crippen molar-refractivity contribution in [2.45, 2.75) is 25.8 Å². The minimum atomic E-state index is -0.0852. The average Bonchev–Trinajstić information content (AvgIpc) is 2.68. The van der Waals surface area contributed by atoms with E-state index in [1.807, 2.05) is 6.92 Å². The Kier molecular flexibility index (Phi) is 4.29. The SMILES string of the molecule is CC[C@H](CCO)n1c(O)nc2ncc(Cl)c(I)c21. The topological polar surface area (TPSA) is 71.2 Å². The molecule has 0 aliphatic rings. The van der Waals surface area contributed by atoms with E-state index >= 15 is 0 Å². The van der Waals surface area contributed by atoms with E-state index in [0.29, 0.717) is 17.1 Å². The van der Waals surface area contributed by atoms with Crippen LogP contribution in [0.25, 0.3) is 11.2 Å². The minimum Gasteiger partial charge on any atom is -0.480 e. The van der Waals surface area contributed by atoms with Gasteiger partial charge in [0.1, 0.15) is 5.52 Å². The first-order chi connectivity index (χ1) is 8.60. The smallest absolute Gasteiger partial charge is 0.296 e. The maximum atomic E-state index is 9.96. The third-order valence-corrected chi connectivity index (χ3v) is 4.59. The van der Waals surface area contributed by atoms with Gasteiger partial charge in [-0.3, -0.25) is 4.57 Å². The molecule has 0 saturated heterocycles. The van der Waals surface area contributed by atoms with E-state index in [1.165, 1.54) is 6.20 Å². The maximum Gasteiger partial charge on any atom is 0.296 e. The number of aliphatic hydroxyl groups is 1. The Morgan fingerprint density at radius 1 is 1.56 bits per heavy atom. The van der Waals surface area contributed by atoms with E-state index in [2.05, 4.69) is 32.6 Å². The van der Waals surface area contributed by atoms with Gasteiger partial charge in [0, 0.05) is 18.8 Å². The van der Waals surface area contributed by atoms with Gasteiger partial charge in [0.05, 0.1) is 8.59 Å². The van der Waals surface area contributed by atoms with Crippen molar-refractivity contribution in [1.82, 2.24) is 14.5 Å². The molecule has 2 rings (SSSR count). The van der Waals surface area contributed by atoms with Crippen molar-refractivity contribution in [3.05, 3.63) is 14.8 Å². The fraction of sp³-hybridized carbons (Fsp3) is 0.455. The van der Waals surface area contributed by atoms with Crippen molar-refractivity contribution in [2.75, 3.05) is 6.61 Å². The number of rotatable bonds is 4. The first-order valence-corrected chi connectivity index (χ1v) is 7.07. The quantitative estimate of drug-likeness (QED) is 0.799. The number of aromatic nitrogens is 3. The molecule has 1 atom stereocenters. The monoisotopic (exact) mass is 381 g/mol. The summed E-state index contributed by atoms with van der Waals surface area (Å²) in [7, 11) is 0. The number of hydrogen-bond donors (Lipinski definition) is 2. The highest BCUT2D eigenvalue weighted by Crippen LogP contribution is 2.33. The highest BCUT2D eigenvalue weighted by molar-refractivity contribution is 14.1. The van der Waals surface area contributed by atoms with Crippen LogP contribution in [0.2, 0.25) is 5.02 Å². The summed E-state index contributed by atoms with van der Waals surface area (Å²) in [6.45, 7) is 2.05. The summed E-state index contributed by atoms with van der Waals surface area (Å²) in [6, 6.07) is -0.105. The fourth-order valence-corrected chi connectivity index (χ4v) is 2.78. The normalized spacial score (nSPS) is 13.1. The molecular weight excluding hydrogens is 368 g/mol. The molecule has 0 saturated carbocycles. The molecule has 2 aromatic rings. The Hall–Kier alpha value is -0.600. The molecule has 18 heavy (non-hydrogen) atoms. The maximum absolute atomic E-state index is 9.96. The molecule has 0 unspecified atom stereocenters. The Balaban J connectivity index is 2.68. The van der Waals surface area contributed by atoms with Gasteiger partial charge in [0.2, 0.25) is 0 Å². The van der Waals surface area contributed by atoms with Crippen LogP contribution in [-0.2, 0) is 0 Å². The Labute approximate surface area is 123 Å². The lowest BCUT2D eigenvalue weighted by molar-refractivity contribution is 0.248. The van der Waals surface area contributed by atoms with Gasteiger partial charge in [0.15, 0.2) is 5.65 Å². The van der Waals surface area contributed by atoms with Crippen molar-refractivity contribution < 1.29 is 10.2 Å². The average molecular weight is 382 g/mol. The predicted octanol–water partition coefficient (Wildman–Crippen LogP) is 2.73. The molecule has 2 aromatic heterocycles. The van der Waals surface area contributed by atoms with Crippen LogP contribution < -0.4 is 0 Å². The van der Waals surface area contributed by atoms with Crippen LogP contribution in [0.15, 0.2) is 6.20 Å². The van der Waals surface area contributed by atoms with Gasteiger partial charge in [0.25, 0.3) is 6.01 Å².